The molecule has 0 spiro atoms. The summed E-state index contributed by atoms with van der Waals surface area (Å²) >= 11 is 1.59. The summed E-state index contributed by atoms with van der Waals surface area (Å²) in [7, 11) is 0. The Morgan fingerprint density at radius 2 is 2.00 bits per heavy atom. The van der Waals surface area contributed by atoms with E-state index in [1.54, 1.807) is 17.4 Å². The van der Waals surface area contributed by atoms with Crippen LogP contribution in [0.4, 0.5) is 0 Å². The number of amides is 2. The molecule has 0 radical (unpaired) electrons. The third-order valence-electron chi connectivity index (χ3n) is 4.77. The van der Waals surface area contributed by atoms with Gasteiger partial charge in [-0.15, -0.1) is 17.9 Å². The van der Waals surface area contributed by atoms with Crippen LogP contribution >= 0.6 is 11.3 Å². The highest BCUT2D eigenvalue weighted by atomic mass is 32.1. The lowest BCUT2D eigenvalue weighted by atomic mass is 9.84. The Balaban J connectivity index is 1.75. The number of hydrogen-bond acceptors (Lipinski definition) is 3. The molecule has 1 saturated heterocycles. The normalized spacial score (nSPS) is 19.8. The van der Waals surface area contributed by atoms with Gasteiger partial charge in [-0.3, -0.25) is 9.59 Å². The molecule has 3 rings (SSSR count). The number of carbonyl (C=O) groups is 2. The van der Waals surface area contributed by atoms with E-state index in [9.17, 15) is 9.59 Å². The average molecular weight is 369 g/mol. The van der Waals surface area contributed by atoms with Gasteiger partial charge in [-0.1, -0.05) is 42.5 Å². The maximum atomic E-state index is 12.8. The first kappa shape index (κ1) is 18.4. The number of thiophene rings is 1. The van der Waals surface area contributed by atoms with Crippen molar-refractivity contribution in [2.75, 3.05) is 19.6 Å². The molecule has 2 aromatic rings. The molecule has 1 aliphatic heterocycles. The van der Waals surface area contributed by atoms with E-state index < -0.39 is 0 Å². The lowest BCUT2D eigenvalue weighted by molar-refractivity contribution is -0.135. The van der Waals surface area contributed by atoms with Gasteiger partial charge < -0.3 is 10.2 Å². The van der Waals surface area contributed by atoms with E-state index in [2.05, 4.69) is 24.0 Å². The molecule has 5 heteroatoms. The van der Waals surface area contributed by atoms with Crippen LogP contribution in [0.15, 0.2) is 60.5 Å². The van der Waals surface area contributed by atoms with Gasteiger partial charge in [0, 0.05) is 30.4 Å². The molecule has 2 amide bonds. The number of hydrogen-bond donors (Lipinski definition) is 1. The summed E-state index contributed by atoms with van der Waals surface area (Å²) in [5.74, 6) is 0.0759. The second-order valence-electron chi connectivity index (χ2n) is 6.63. The van der Waals surface area contributed by atoms with Gasteiger partial charge in [0.25, 0.3) is 0 Å². The minimum atomic E-state index is -0.193. The molecular weight excluding hydrogens is 344 g/mol. The van der Waals surface area contributed by atoms with Crippen LogP contribution in [0.1, 0.15) is 22.8 Å². The minimum absolute atomic E-state index is 0.000505. The standard InChI is InChI=1S/C21H24N2O2S/c1-2-10-22-21(25)18-12-17(16-7-4-3-5-8-16)14-23(15-18)20(24)13-19-9-6-11-26-19/h2-9,11,17-18H,1,10,12-15H2,(H,22,25). The molecule has 0 saturated carbocycles. The second-order valence-corrected chi connectivity index (χ2v) is 7.66. The number of piperidine rings is 1. The maximum absolute atomic E-state index is 12.8. The van der Waals surface area contributed by atoms with Crippen LogP contribution in [0.2, 0.25) is 0 Å². The molecule has 1 N–H and O–H groups in total. The molecular formula is C21H24N2O2S. The summed E-state index contributed by atoms with van der Waals surface area (Å²) in [6.45, 7) is 5.25. The van der Waals surface area contributed by atoms with Crippen molar-refractivity contribution in [2.24, 2.45) is 5.92 Å². The maximum Gasteiger partial charge on any atom is 0.227 e. The third-order valence-corrected chi connectivity index (χ3v) is 5.65. The lowest BCUT2D eigenvalue weighted by Crippen LogP contribution is -2.48. The second kappa shape index (κ2) is 8.81. The molecule has 2 atom stereocenters. The number of rotatable bonds is 6. The first-order valence-electron chi connectivity index (χ1n) is 8.91. The molecule has 2 unspecified atom stereocenters. The van der Waals surface area contributed by atoms with Crippen molar-refractivity contribution in [3.8, 4) is 0 Å². The molecule has 1 aromatic carbocycles. The predicted octanol–water partition coefficient (Wildman–Crippen LogP) is 3.23. The fourth-order valence-electron chi connectivity index (χ4n) is 3.45. The highest BCUT2D eigenvalue weighted by Crippen LogP contribution is 2.31. The average Bonchev–Trinajstić information content (AvgIpc) is 3.19. The van der Waals surface area contributed by atoms with Crippen LogP contribution in [0.3, 0.4) is 0 Å². The van der Waals surface area contributed by atoms with Crippen LogP contribution in [-0.4, -0.2) is 36.3 Å². The molecule has 26 heavy (non-hydrogen) atoms. The Labute approximate surface area is 158 Å². The van der Waals surface area contributed by atoms with Crippen molar-refractivity contribution in [1.82, 2.24) is 10.2 Å². The van der Waals surface area contributed by atoms with E-state index in [-0.39, 0.29) is 23.7 Å². The molecule has 0 aliphatic carbocycles. The van der Waals surface area contributed by atoms with Crippen molar-refractivity contribution >= 4 is 23.2 Å². The predicted molar refractivity (Wildman–Crippen MR) is 105 cm³/mol. The highest BCUT2D eigenvalue weighted by Gasteiger charge is 2.34. The highest BCUT2D eigenvalue weighted by molar-refractivity contribution is 7.10. The molecule has 4 nitrogen and oxygen atoms in total. The van der Waals surface area contributed by atoms with Gasteiger partial charge in [-0.2, -0.15) is 0 Å². The van der Waals surface area contributed by atoms with E-state index in [1.165, 1.54) is 5.56 Å². The summed E-state index contributed by atoms with van der Waals surface area (Å²) in [5, 5.41) is 4.87. The molecule has 0 bridgehead atoms. The van der Waals surface area contributed by atoms with Crippen LogP contribution in [0.25, 0.3) is 0 Å². The Morgan fingerprint density at radius 3 is 2.69 bits per heavy atom. The Morgan fingerprint density at radius 1 is 1.19 bits per heavy atom. The molecule has 1 fully saturated rings. The van der Waals surface area contributed by atoms with Gasteiger partial charge in [0.05, 0.1) is 12.3 Å². The Hall–Kier alpha value is -2.40. The quantitative estimate of drug-likeness (QED) is 0.796. The van der Waals surface area contributed by atoms with Crippen LogP contribution in [0.5, 0.6) is 0 Å². The first-order chi connectivity index (χ1) is 12.7. The summed E-state index contributed by atoms with van der Waals surface area (Å²) < 4.78 is 0. The van der Waals surface area contributed by atoms with Gasteiger partial charge in [-0.25, -0.2) is 0 Å². The number of likely N-dealkylation sites (tertiary alicyclic amines) is 1. The van der Waals surface area contributed by atoms with E-state index in [0.29, 0.717) is 26.1 Å². The lowest BCUT2D eigenvalue weighted by Gasteiger charge is -2.37. The zero-order valence-electron chi connectivity index (χ0n) is 14.8. The van der Waals surface area contributed by atoms with Crippen LogP contribution < -0.4 is 5.32 Å². The fourth-order valence-corrected chi connectivity index (χ4v) is 4.15. The van der Waals surface area contributed by atoms with Crippen LogP contribution in [0, 0.1) is 5.92 Å². The number of benzene rings is 1. The van der Waals surface area contributed by atoms with E-state index in [4.69, 9.17) is 0 Å². The number of carbonyl (C=O) groups excluding carboxylic acids is 2. The molecule has 2 heterocycles. The van der Waals surface area contributed by atoms with Crippen molar-refractivity contribution < 1.29 is 9.59 Å². The topological polar surface area (TPSA) is 49.4 Å². The van der Waals surface area contributed by atoms with E-state index in [1.807, 2.05) is 40.6 Å². The number of nitrogens with zero attached hydrogens (tertiary/aromatic N) is 1. The van der Waals surface area contributed by atoms with Gasteiger partial charge in [0.15, 0.2) is 0 Å². The fraction of sp³-hybridized carbons (Fsp3) is 0.333. The third kappa shape index (κ3) is 4.61. The van der Waals surface area contributed by atoms with Crippen LogP contribution in [-0.2, 0) is 16.0 Å². The zero-order chi connectivity index (χ0) is 18.4. The Kier molecular flexibility index (Phi) is 6.23. The van der Waals surface area contributed by atoms with E-state index >= 15 is 0 Å². The monoisotopic (exact) mass is 368 g/mol. The van der Waals surface area contributed by atoms with Crippen molar-refractivity contribution in [2.45, 2.75) is 18.8 Å². The molecule has 136 valence electrons. The Bertz CT molecular complexity index is 743. The summed E-state index contributed by atoms with van der Waals surface area (Å²) in [6.07, 6.45) is 2.84. The summed E-state index contributed by atoms with van der Waals surface area (Å²) in [4.78, 5) is 28.3. The van der Waals surface area contributed by atoms with E-state index in [0.717, 1.165) is 11.3 Å². The van der Waals surface area contributed by atoms with Crippen molar-refractivity contribution in [1.29, 1.82) is 0 Å². The first-order valence-corrected chi connectivity index (χ1v) is 9.79. The van der Waals surface area contributed by atoms with Gasteiger partial charge in [0.1, 0.15) is 0 Å². The zero-order valence-corrected chi connectivity index (χ0v) is 15.6. The summed E-state index contributed by atoms with van der Waals surface area (Å²) in [6, 6.07) is 14.1. The van der Waals surface area contributed by atoms with Gasteiger partial charge in [-0.05, 0) is 23.4 Å². The smallest absolute Gasteiger partial charge is 0.227 e. The summed E-state index contributed by atoms with van der Waals surface area (Å²) in [5.41, 5.74) is 1.18. The van der Waals surface area contributed by atoms with Crippen molar-refractivity contribution in [3.63, 3.8) is 0 Å². The molecule has 1 aliphatic rings. The van der Waals surface area contributed by atoms with Crippen molar-refractivity contribution in [3.05, 3.63) is 70.9 Å². The SMILES string of the molecule is C=CCNC(=O)C1CC(c2ccccc2)CN(C(=O)Cc2cccs2)C1. The van der Waals surface area contributed by atoms with Gasteiger partial charge in [0.2, 0.25) is 11.8 Å². The minimum Gasteiger partial charge on any atom is -0.352 e. The number of nitrogens with one attached hydrogen (secondary N) is 1. The molecule has 1 aromatic heterocycles. The largest absolute Gasteiger partial charge is 0.352 e. The van der Waals surface area contributed by atoms with Gasteiger partial charge >= 0.3 is 0 Å².